The van der Waals surface area contributed by atoms with Gasteiger partial charge < -0.3 is 11.1 Å². The van der Waals surface area contributed by atoms with E-state index in [0.717, 1.165) is 13.0 Å². The molecule has 0 atom stereocenters. The maximum atomic E-state index is 10.4. The van der Waals surface area contributed by atoms with E-state index in [2.05, 4.69) is 23.7 Å². The third-order valence-electron chi connectivity index (χ3n) is 1.80. The SMILES string of the molecule is Cc1ccsc1CCNCC(N)=O. The van der Waals surface area contributed by atoms with E-state index in [0.29, 0.717) is 0 Å². The molecule has 1 aromatic rings. The third-order valence-corrected chi connectivity index (χ3v) is 2.88. The second kappa shape index (κ2) is 4.99. The number of hydrogen-bond donors (Lipinski definition) is 2. The second-order valence-electron chi connectivity index (χ2n) is 2.92. The van der Waals surface area contributed by atoms with Crippen molar-refractivity contribution in [2.24, 2.45) is 5.73 Å². The molecule has 3 N–H and O–H groups in total. The van der Waals surface area contributed by atoms with E-state index in [1.165, 1.54) is 10.4 Å². The molecule has 0 spiro atoms. The molecule has 0 bridgehead atoms. The predicted molar refractivity (Wildman–Crippen MR) is 54.8 cm³/mol. The lowest BCUT2D eigenvalue weighted by Crippen LogP contribution is -2.29. The summed E-state index contributed by atoms with van der Waals surface area (Å²) in [4.78, 5) is 11.8. The molecule has 13 heavy (non-hydrogen) atoms. The van der Waals surface area contributed by atoms with Crippen LogP contribution >= 0.6 is 11.3 Å². The highest BCUT2D eigenvalue weighted by Gasteiger charge is 1.99. The van der Waals surface area contributed by atoms with Gasteiger partial charge in [-0.25, -0.2) is 0 Å². The van der Waals surface area contributed by atoms with Crippen LogP contribution < -0.4 is 11.1 Å². The standard InChI is InChI=1S/C9H14N2OS/c1-7-3-5-13-8(7)2-4-11-6-9(10)12/h3,5,11H,2,4,6H2,1H3,(H2,10,12). The van der Waals surface area contributed by atoms with Gasteiger partial charge in [0.25, 0.3) is 0 Å². The van der Waals surface area contributed by atoms with Gasteiger partial charge >= 0.3 is 0 Å². The lowest BCUT2D eigenvalue weighted by molar-refractivity contribution is -0.117. The van der Waals surface area contributed by atoms with Crippen LogP contribution in [0.15, 0.2) is 11.4 Å². The van der Waals surface area contributed by atoms with E-state index in [1.807, 2.05) is 0 Å². The molecule has 1 amide bonds. The Labute approximate surface area is 81.9 Å². The predicted octanol–water partition coefficient (Wildman–Crippen LogP) is 0.674. The molecular formula is C9H14N2OS. The van der Waals surface area contributed by atoms with Crippen molar-refractivity contribution in [1.82, 2.24) is 5.32 Å². The summed E-state index contributed by atoms with van der Waals surface area (Å²) in [6.45, 7) is 3.18. The van der Waals surface area contributed by atoms with Crippen molar-refractivity contribution >= 4 is 17.2 Å². The molecule has 0 saturated heterocycles. The fourth-order valence-electron chi connectivity index (χ4n) is 1.07. The van der Waals surface area contributed by atoms with Crippen molar-refractivity contribution in [3.05, 3.63) is 21.9 Å². The van der Waals surface area contributed by atoms with E-state index in [9.17, 15) is 4.79 Å². The third kappa shape index (κ3) is 3.57. The minimum atomic E-state index is -0.303. The van der Waals surface area contributed by atoms with Gasteiger partial charge in [0.1, 0.15) is 0 Å². The lowest BCUT2D eigenvalue weighted by atomic mass is 10.2. The molecule has 3 nitrogen and oxygen atoms in total. The molecule has 1 aromatic heterocycles. The molecule has 0 aliphatic heterocycles. The van der Waals surface area contributed by atoms with E-state index in [-0.39, 0.29) is 12.5 Å². The van der Waals surface area contributed by atoms with Crippen LogP contribution in [0, 0.1) is 6.92 Å². The summed E-state index contributed by atoms with van der Waals surface area (Å²) in [5, 5.41) is 5.06. The molecular weight excluding hydrogens is 184 g/mol. The zero-order valence-electron chi connectivity index (χ0n) is 7.67. The first-order valence-electron chi connectivity index (χ1n) is 4.22. The van der Waals surface area contributed by atoms with Gasteiger partial charge in [-0.2, -0.15) is 0 Å². The summed E-state index contributed by atoms with van der Waals surface area (Å²) < 4.78 is 0. The summed E-state index contributed by atoms with van der Waals surface area (Å²) in [6.07, 6.45) is 0.969. The number of hydrogen-bond acceptors (Lipinski definition) is 3. The van der Waals surface area contributed by atoms with Crippen molar-refractivity contribution in [1.29, 1.82) is 0 Å². The van der Waals surface area contributed by atoms with Crippen LogP contribution in [0.5, 0.6) is 0 Å². The number of primary amides is 1. The Hall–Kier alpha value is -0.870. The maximum absolute atomic E-state index is 10.4. The van der Waals surface area contributed by atoms with Gasteiger partial charge in [0.05, 0.1) is 6.54 Å². The molecule has 1 rings (SSSR count). The normalized spacial score (nSPS) is 10.2. The molecule has 0 aliphatic carbocycles. The van der Waals surface area contributed by atoms with E-state index >= 15 is 0 Å². The Kier molecular flexibility index (Phi) is 3.92. The molecule has 0 aromatic carbocycles. The van der Waals surface area contributed by atoms with Gasteiger partial charge in [0, 0.05) is 11.4 Å². The van der Waals surface area contributed by atoms with Crippen LogP contribution in [0.2, 0.25) is 0 Å². The zero-order chi connectivity index (χ0) is 9.68. The van der Waals surface area contributed by atoms with E-state index in [4.69, 9.17) is 5.73 Å². The van der Waals surface area contributed by atoms with Crippen molar-refractivity contribution in [3.8, 4) is 0 Å². The Morgan fingerprint density at radius 1 is 1.69 bits per heavy atom. The number of nitrogens with one attached hydrogen (secondary N) is 1. The number of aryl methyl sites for hydroxylation is 1. The van der Waals surface area contributed by atoms with Crippen molar-refractivity contribution in [2.45, 2.75) is 13.3 Å². The van der Waals surface area contributed by atoms with Gasteiger partial charge in [-0.05, 0) is 30.4 Å². The van der Waals surface area contributed by atoms with Gasteiger partial charge in [-0.15, -0.1) is 11.3 Å². The average Bonchev–Trinajstić information content (AvgIpc) is 2.45. The van der Waals surface area contributed by atoms with Crippen LogP contribution in [0.1, 0.15) is 10.4 Å². The highest BCUT2D eigenvalue weighted by atomic mass is 32.1. The molecule has 0 radical (unpaired) electrons. The van der Waals surface area contributed by atoms with Crippen molar-refractivity contribution in [3.63, 3.8) is 0 Å². The quantitative estimate of drug-likeness (QED) is 0.683. The minimum Gasteiger partial charge on any atom is -0.369 e. The molecule has 0 fully saturated rings. The van der Waals surface area contributed by atoms with Crippen LogP contribution in [0.4, 0.5) is 0 Å². The number of amides is 1. The first-order chi connectivity index (χ1) is 6.20. The average molecular weight is 198 g/mol. The Morgan fingerprint density at radius 2 is 2.46 bits per heavy atom. The van der Waals surface area contributed by atoms with E-state index in [1.54, 1.807) is 11.3 Å². The second-order valence-corrected chi connectivity index (χ2v) is 3.92. The van der Waals surface area contributed by atoms with Crippen LogP contribution in [0.3, 0.4) is 0 Å². The van der Waals surface area contributed by atoms with Gasteiger partial charge in [0.2, 0.25) is 5.91 Å². The number of nitrogens with two attached hydrogens (primary N) is 1. The van der Waals surface area contributed by atoms with Gasteiger partial charge in [-0.1, -0.05) is 0 Å². The number of carbonyl (C=O) groups is 1. The Morgan fingerprint density at radius 3 is 3.00 bits per heavy atom. The van der Waals surface area contributed by atoms with Gasteiger partial charge in [-0.3, -0.25) is 4.79 Å². The highest BCUT2D eigenvalue weighted by molar-refractivity contribution is 7.10. The smallest absolute Gasteiger partial charge is 0.231 e. The number of rotatable bonds is 5. The Bertz CT molecular complexity index is 283. The maximum Gasteiger partial charge on any atom is 0.231 e. The van der Waals surface area contributed by atoms with Crippen LogP contribution in [0.25, 0.3) is 0 Å². The first kappa shape index (κ1) is 10.2. The Balaban J connectivity index is 2.20. The summed E-state index contributed by atoms with van der Waals surface area (Å²) in [5.41, 5.74) is 6.31. The number of thiophene rings is 1. The van der Waals surface area contributed by atoms with Crippen LogP contribution in [-0.2, 0) is 11.2 Å². The largest absolute Gasteiger partial charge is 0.369 e. The summed E-state index contributed by atoms with van der Waals surface area (Å²) in [7, 11) is 0. The van der Waals surface area contributed by atoms with Gasteiger partial charge in [0.15, 0.2) is 0 Å². The summed E-state index contributed by atoms with van der Waals surface area (Å²) in [5.74, 6) is -0.303. The molecule has 0 aliphatic rings. The molecule has 1 heterocycles. The summed E-state index contributed by atoms with van der Waals surface area (Å²) >= 11 is 1.75. The fraction of sp³-hybridized carbons (Fsp3) is 0.444. The summed E-state index contributed by atoms with van der Waals surface area (Å²) in [6, 6.07) is 2.11. The van der Waals surface area contributed by atoms with Crippen LogP contribution in [-0.4, -0.2) is 19.0 Å². The topological polar surface area (TPSA) is 55.1 Å². The van der Waals surface area contributed by atoms with Crippen molar-refractivity contribution in [2.75, 3.05) is 13.1 Å². The molecule has 0 saturated carbocycles. The molecule has 4 heteroatoms. The van der Waals surface area contributed by atoms with E-state index < -0.39 is 0 Å². The van der Waals surface area contributed by atoms with Crippen molar-refractivity contribution < 1.29 is 4.79 Å². The monoisotopic (exact) mass is 198 g/mol. The fourth-order valence-corrected chi connectivity index (χ4v) is 1.98. The lowest BCUT2D eigenvalue weighted by Gasteiger charge is -2.01. The zero-order valence-corrected chi connectivity index (χ0v) is 8.49. The molecule has 72 valence electrons. The number of carbonyl (C=O) groups excluding carboxylic acids is 1. The first-order valence-corrected chi connectivity index (χ1v) is 5.10. The minimum absolute atomic E-state index is 0.268. The highest BCUT2D eigenvalue weighted by Crippen LogP contribution is 2.15. The molecule has 0 unspecified atom stereocenters.